The van der Waals surface area contributed by atoms with Gasteiger partial charge in [-0.2, -0.15) is 11.8 Å². The lowest BCUT2D eigenvalue weighted by molar-refractivity contribution is 0.270. The molecular formula is C13H19ClN2S2. The van der Waals surface area contributed by atoms with E-state index in [2.05, 4.69) is 25.1 Å². The molecule has 1 atom stereocenters. The van der Waals surface area contributed by atoms with Gasteiger partial charge >= 0.3 is 0 Å². The van der Waals surface area contributed by atoms with Crippen LogP contribution in [0.2, 0.25) is 5.02 Å². The van der Waals surface area contributed by atoms with Crippen LogP contribution in [-0.2, 0) is 6.54 Å². The Kier molecular flexibility index (Phi) is 6.43. The van der Waals surface area contributed by atoms with Crippen molar-refractivity contribution in [2.24, 2.45) is 5.73 Å². The Bertz CT molecular complexity index is 423. The number of halogens is 1. The Morgan fingerprint density at radius 3 is 2.72 bits per heavy atom. The van der Waals surface area contributed by atoms with E-state index in [1.54, 1.807) is 0 Å². The summed E-state index contributed by atoms with van der Waals surface area (Å²) in [6.07, 6.45) is 2.12. The molecule has 0 saturated heterocycles. The zero-order chi connectivity index (χ0) is 13.7. The lowest BCUT2D eigenvalue weighted by atomic mass is 10.1. The maximum Gasteiger partial charge on any atom is 0.104 e. The molecule has 1 aromatic rings. The molecule has 1 aromatic carbocycles. The van der Waals surface area contributed by atoms with Gasteiger partial charge < -0.3 is 5.73 Å². The molecule has 0 aromatic heterocycles. The van der Waals surface area contributed by atoms with Crippen molar-refractivity contribution in [3.8, 4) is 0 Å². The van der Waals surface area contributed by atoms with Crippen LogP contribution in [0, 0.1) is 0 Å². The van der Waals surface area contributed by atoms with E-state index in [1.807, 2.05) is 30.0 Å². The average molecular weight is 303 g/mol. The molecule has 0 fully saturated rings. The number of thioether (sulfide) groups is 1. The van der Waals surface area contributed by atoms with Crippen LogP contribution < -0.4 is 5.73 Å². The summed E-state index contributed by atoms with van der Waals surface area (Å²) >= 11 is 13.0. The number of hydrogen-bond donors (Lipinski definition) is 1. The van der Waals surface area contributed by atoms with Crippen LogP contribution in [0.3, 0.4) is 0 Å². The summed E-state index contributed by atoms with van der Waals surface area (Å²) in [5.41, 5.74) is 7.50. The molecule has 1 unspecified atom stereocenters. The van der Waals surface area contributed by atoms with Gasteiger partial charge in [-0.25, -0.2) is 0 Å². The highest BCUT2D eigenvalue weighted by atomic mass is 35.5. The maximum absolute atomic E-state index is 6.25. The van der Waals surface area contributed by atoms with Gasteiger partial charge in [-0.05, 0) is 31.9 Å². The Balaban J connectivity index is 2.76. The van der Waals surface area contributed by atoms with E-state index in [0.717, 1.165) is 28.4 Å². The van der Waals surface area contributed by atoms with Crippen molar-refractivity contribution in [1.82, 2.24) is 4.90 Å². The number of hydrogen-bond acceptors (Lipinski definition) is 3. The van der Waals surface area contributed by atoms with E-state index in [-0.39, 0.29) is 0 Å². The lowest BCUT2D eigenvalue weighted by Crippen LogP contribution is -2.30. The Labute approximate surface area is 124 Å². The van der Waals surface area contributed by atoms with Crippen LogP contribution in [0.15, 0.2) is 18.2 Å². The Morgan fingerprint density at radius 2 is 2.22 bits per heavy atom. The topological polar surface area (TPSA) is 29.3 Å². The summed E-state index contributed by atoms with van der Waals surface area (Å²) in [6, 6.07) is 6.29. The minimum absolute atomic E-state index is 0.382. The monoisotopic (exact) mass is 302 g/mol. The van der Waals surface area contributed by atoms with Gasteiger partial charge in [0, 0.05) is 28.9 Å². The van der Waals surface area contributed by atoms with Crippen LogP contribution >= 0.6 is 35.6 Å². The number of nitrogens with two attached hydrogens (primary N) is 1. The number of benzene rings is 1. The predicted octanol–water partition coefficient (Wildman–Crippen LogP) is 3.16. The minimum atomic E-state index is 0.382. The fourth-order valence-electron chi connectivity index (χ4n) is 1.62. The van der Waals surface area contributed by atoms with E-state index >= 15 is 0 Å². The molecule has 0 heterocycles. The van der Waals surface area contributed by atoms with Crippen molar-refractivity contribution in [2.75, 3.05) is 19.1 Å². The zero-order valence-corrected chi connectivity index (χ0v) is 13.3. The third-order valence-corrected chi connectivity index (χ3v) is 4.32. The molecule has 0 spiro atoms. The molecule has 1 rings (SSSR count). The highest BCUT2D eigenvalue weighted by Crippen LogP contribution is 2.20. The van der Waals surface area contributed by atoms with E-state index in [0.29, 0.717) is 11.0 Å². The molecule has 2 nitrogen and oxygen atoms in total. The summed E-state index contributed by atoms with van der Waals surface area (Å²) in [4.78, 5) is 2.67. The summed E-state index contributed by atoms with van der Waals surface area (Å²) in [5.74, 6) is 1.11. The van der Waals surface area contributed by atoms with Crippen molar-refractivity contribution < 1.29 is 0 Å². The van der Waals surface area contributed by atoms with Gasteiger partial charge in [0.1, 0.15) is 4.99 Å². The van der Waals surface area contributed by atoms with Crippen molar-refractivity contribution in [3.63, 3.8) is 0 Å². The van der Waals surface area contributed by atoms with Crippen molar-refractivity contribution in [2.45, 2.75) is 19.5 Å². The molecule has 100 valence electrons. The number of rotatable bonds is 6. The average Bonchev–Trinajstić information content (AvgIpc) is 2.31. The van der Waals surface area contributed by atoms with Crippen LogP contribution in [0.5, 0.6) is 0 Å². The van der Waals surface area contributed by atoms with Crippen molar-refractivity contribution in [3.05, 3.63) is 34.3 Å². The molecule has 0 amide bonds. The number of nitrogens with zero attached hydrogens (tertiary/aromatic N) is 1. The van der Waals surface area contributed by atoms with Gasteiger partial charge in [0.05, 0.1) is 0 Å². The first-order valence-corrected chi connectivity index (χ1v) is 7.91. The first kappa shape index (κ1) is 15.8. The second-order valence-corrected chi connectivity index (χ2v) is 6.15. The normalized spacial score (nSPS) is 12.7. The lowest BCUT2D eigenvalue weighted by Gasteiger charge is -2.24. The van der Waals surface area contributed by atoms with Gasteiger partial charge in [0.2, 0.25) is 0 Å². The molecule has 0 aliphatic rings. The summed E-state index contributed by atoms with van der Waals surface area (Å²) < 4.78 is 0. The molecule has 2 N–H and O–H groups in total. The minimum Gasteiger partial charge on any atom is -0.389 e. The fourth-order valence-corrected chi connectivity index (χ4v) is 2.73. The third kappa shape index (κ3) is 4.43. The molecular weight excluding hydrogens is 284 g/mol. The van der Waals surface area contributed by atoms with Crippen LogP contribution in [0.25, 0.3) is 0 Å². The molecule has 5 heteroatoms. The van der Waals surface area contributed by atoms with Gasteiger partial charge in [0.15, 0.2) is 0 Å². The summed E-state index contributed by atoms with van der Waals surface area (Å²) in [7, 11) is 2.11. The highest BCUT2D eigenvalue weighted by Gasteiger charge is 2.11. The van der Waals surface area contributed by atoms with E-state index in [4.69, 9.17) is 29.6 Å². The second kappa shape index (κ2) is 7.34. The van der Waals surface area contributed by atoms with Gasteiger partial charge in [-0.1, -0.05) is 36.0 Å². The van der Waals surface area contributed by atoms with Crippen LogP contribution in [-0.4, -0.2) is 35.0 Å². The van der Waals surface area contributed by atoms with Gasteiger partial charge in [-0.15, -0.1) is 0 Å². The molecule has 0 aliphatic heterocycles. The zero-order valence-electron chi connectivity index (χ0n) is 10.9. The Hall–Kier alpha value is -0.290. The number of thiocarbonyl (C=S) groups is 1. The standard InChI is InChI=1S/C13H19ClN2S2/c1-9(8-18-3)16(2)7-11-5-4-10(13(15)17)6-12(11)14/h4-6,9H,7-8H2,1-3H3,(H2,15,17). The molecule has 0 radical (unpaired) electrons. The molecule has 0 aliphatic carbocycles. The molecule has 18 heavy (non-hydrogen) atoms. The van der Waals surface area contributed by atoms with Gasteiger partial charge in [0.25, 0.3) is 0 Å². The second-order valence-electron chi connectivity index (χ2n) is 4.39. The SMILES string of the molecule is CSCC(C)N(C)Cc1ccc(C(N)=S)cc1Cl. The van der Waals surface area contributed by atoms with Gasteiger partial charge in [-0.3, -0.25) is 4.90 Å². The van der Waals surface area contributed by atoms with E-state index in [1.165, 1.54) is 0 Å². The van der Waals surface area contributed by atoms with Crippen molar-refractivity contribution in [1.29, 1.82) is 0 Å². The quantitative estimate of drug-likeness (QED) is 0.818. The van der Waals surface area contributed by atoms with Crippen LogP contribution in [0.4, 0.5) is 0 Å². The smallest absolute Gasteiger partial charge is 0.104 e. The first-order valence-electron chi connectivity index (χ1n) is 5.73. The Morgan fingerprint density at radius 1 is 1.56 bits per heavy atom. The first-order chi connectivity index (χ1) is 8.45. The van der Waals surface area contributed by atoms with Crippen LogP contribution in [0.1, 0.15) is 18.1 Å². The fraction of sp³-hybridized carbons (Fsp3) is 0.462. The third-order valence-electron chi connectivity index (χ3n) is 2.92. The predicted molar refractivity (Wildman–Crippen MR) is 86.7 cm³/mol. The largest absolute Gasteiger partial charge is 0.389 e. The maximum atomic E-state index is 6.25. The summed E-state index contributed by atoms with van der Waals surface area (Å²) in [6.45, 7) is 3.05. The summed E-state index contributed by atoms with van der Waals surface area (Å²) in [5, 5.41) is 0.725. The highest BCUT2D eigenvalue weighted by molar-refractivity contribution is 7.98. The molecule has 0 bridgehead atoms. The van der Waals surface area contributed by atoms with E-state index in [9.17, 15) is 0 Å². The molecule has 0 saturated carbocycles. The van der Waals surface area contributed by atoms with Crippen molar-refractivity contribution >= 4 is 40.6 Å². The van der Waals surface area contributed by atoms with E-state index < -0.39 is 0 Å².